The van der Waals surface area contributed by atoms with Crippen molar-refractivity contribution in [3.63, 3.8) is 0 Å². The Morgan fingerprint density at radius 2 is 1.13 bits per heavy atom. The molecule has 260 valence electrons. The molecule has 0 N–H and O–H groups in total. The molecule has 4 heteroatoms. The number of hydrogen-bond donors (Lipinski definition) is 0. The second-order valence-electron chi connectivity index (χ2n) is 15.3. The SMILES string of the molecule is CC1(C)c2cc3c4ccccc4n(-c4ccccc4)c3cc2N(c2ccccc2)c2ccc3cc(C=C4C(=O)c5cc6ccccc6cc5C4=O)ccc3c21. The molecule has 0 spiro atoms. The van der Waals surface area contributed by atoms with Crippen LogP contribution in [-0.4, -0.2) is 16.1 Å². The Labute approximate surface area is 318 Å². The number of allylic oxidation sites excluding steroid dienone is 1. The lowest BCUT2D eigenvalue weighted by Crippen LogP contribution is -2.31. The number of para-hydroxylation sites is 3. The lowest BCUT2D eigenvalue weighted by atomic mass is 9.71. The number of rotatable bonds is 3. The molecule has 9 aromatic rings. The predicted octanol–water partition coefficient (Wildman–Crippen LogP) is 12.7. The summed E-state index contributed by atoms with van der Waals surface area (Å²) in [5.74, 6) is -0.431. The minimum atomic E-state index is -0.374. The standard InChI is InChI=1S/C51H34N2O2/c1-51(2)43-29-39-38-19-11-12-20-44(38)52(35-15-5-3-6-16-35)46(39)30-47(43)53(36-17-7-4-8-18-36)45-24-22-34-25-31(21-23-37(34)48(45)51)26-42-49(54)40-27-32-13-9-10-14-33(32)28-41(40)50(42)55/h3-30H,1-2H3. The van der Waals surface area contributed by atoms with Crippen LogP contribution in [0.25, 0.3) is 55.1 Å². The maximum atomic E-state index is 13.6. The Hall–Kier alpha value is -7.04. The highest BCUT2D eigenvalue weighted by atomic mass is 16.2. The van der Waals surface area contributed by atoms with Crippen molar-refractivity contribution < 1.29 is 9.59 Å². The number of anilines is 3. The van der Waals surface area contributed by atoms with Gasteiger partial charge in [0.2, 0.25) is 0 Å². The molecular weight excluding hydrogens is 673 g/mol. The van der Waals surface area contributed by atoms with Crippen molar-refractivity contribution in [2.75, 3.05) is 4.90 Å². The van der Waals surface area contributed by atoms with Gasteiger partial charge in [0.05, 0.1) is 28.0 Å². The molecule has 2 aliphatic rings. The maximum Gasteiger partial charge on any atom is 0.197 e. The number of carbonyl (C=O) groups excluding carboxylic acids is 2. The fourth-order valence-electron chi connectivity index (χ4n) is 9.24. The Morgan fingerprint density at radius 1 is 0.491 bits per heavy atom. The van der Waals surface area contributed by atoms with Gasteiger partial charge in [0, 0.05) is 38.7 Å². The summed E-state index contributed by atoms with van der Waals surface area (Å²) < 4.78 is 2.38. The zero-order chi connectivity index (χ0) is 37.0. The zero-order valence-electron chi connectivity index (χ0n) is 30.4. The van der Waals surface area contributed by atoms with Gasteiger partial charge in [-0.2, -0.15) is 0 Å². The van der Waals surface area contributed by atoms with Gasteiger partial charge >= 0.3 is 0 Å². The molecular formula is C51H34N2O2. The number of hydrogen-bond acceptors (Lipinski definition) is 3. The van der Waals surface area contributed by atoms with Crippen LogP contribution in [0.15, 0.2) is 169 Å². The van der Waals surface area contributed by atoms with E-state index in [2.05, 4.69) is 145 Å². The average molecular weight is 707 g/mol. The summed E-state index contributed by atoms with van der Waals surface area (Å²) in [6.45, 7) is 4.67. The van der Waals surface area contributed by atoms with Crippen molar-refractivity contribution in [1.29, 1.82) is 0 Å². The van der Waals surface area contributed by atoms with Crippen molar-refractivity contribution >= 4 is 78.1 Å². The molecule has 0 amide bonds. The zero-order valence-corrected chi connectivity index (χ0v) is 30.4. The summed E-state index contributed by atoms with van der Waals surface area (Å²) in [4.78, 5) is 29.7. The molecule has 55 heavy (non-hydrogen) atoms. The van der Waals surface area contributed by atoms with Gasteiger partial charge in [-0.15, -0.1) is 0 Å². The Kier molecular flexibility index (Phi) is 6.57. The molecule has 0 radical (unpaired) electrons. The summed E-state index contributed by atoms with van der Waals surface area (Å²) in [5, 5.41) is 6.55. The number of nitrogens with zero attached hydrogens (tertiary/aromatic N) is 2. The van der Waals surface area contributed by atoms with Gasteiger partial charge in [0.1, 0.15) is 0 Å². The first-order chi connectivity index (χ1) is 26.9. The van der Waals surface area contributed by atoms with Gasteiger partial charge in [0.25, 0.3) is 0 Å². The lowest BCUT2D eigenvalue weighted by molar-refractivity contribution is 0.0990. The van der Waals surface area contributed by atoms with E-state index < -0.39 is 0 Å². The smallest absolute Gasteiger partial charge is 0.197 e. The number of Topliss-reactive ketones (excluding diaryl/α,β-unsaturated/α-hetero) is 2. The first-order valence-electron chi connectivity index (χ1n) is 18.8. The van der Waals surface area contributed by atoms with Crippen LogP contribution in [-0.2, 0) is 5.41 Å². The highest BCUT2D eigenvalue weighted by Crippen LogP contribution is 2.55. The number of carbonyl (C=O) groups is 2. The Bertz CT molecular complexity index is 3090. The third kappa shape index (κ3) is 4.52. The summed E-state index contributed by atoms with van der Waals surface area (Å²) in [5.41, 5.74) is 11.0. The summed E-state index contributed by atoms with van der Waals surface area (Å²) >= 11 is 0. The number of benzene rings is 8. The van der Waals surface area contributed by atoms with E-state index in [1.54, 1.807) is 6.08 Å². The third-order valence-electron chi connectivity index (χ3n) is 11.8. The molecule has 1 aliphatic carbocycles. The monoisotopic (exact) mass is 706 g/mol. The highest BCUT2D eigenvalue weighted by molar-refractivity contribution is 6.42. The van der Waals surface area contributed by atoms with Crippen molar-refractivity contribution in [3.8, 4) is 5.69 Å². The van der Waals surface area contributed by atoms with Gasteiger partial charge in [-0.1, -0.05) is 111 Å². The van der Waals surface area contributed by atoms with Crippen LogP contribution in [0, 0.1) is 0 Å². The van der Waals surface area contributed by atoms with Gasteiger partial charge in [0.15, 0.2) is 11.6 Å². The van der Waals surface area contributed by atoms with Crippen LogP contribution in [0.5, 0.6) is 0 Å². The molecule has 2 heterocycles. The van der Waals surface area contributed by atoms with E-state index in [0.717, 1.165) is 55.4 Å². The molecule has 0 atom stereocenters. The van der Waals surface area contributed by atoms with Crippen molar-refractivity contribution in [2.45, 2.75) is 19.3 Å². The van der Waals surface area contributed by atoms with E-state index in [9.17, 15) is 9.59 Å². The summed E-state index contributed by atoms with van der Waals surface area (Å²) in [7, 11) is 0. The van der Waals surface area contributed by atoms with Crippen LogP contribution in [0.1, 0.15) is 51.3 Å². The van der Waals surface area contributed by atoms with Crippen LogP contribution in [0.4, 0.5) is 17.1 Å². The van der Waals surface area contributed by atoms with E-state index in [1.165, 1.54) is 27.4 Å². The molecule has 11 rings (SSSR count). The van der Waals surface area contributed by atoms with Crippen LogP contribution < -0.4 is 4.90 Å². The van der Waals surface area contributed by atoms with E-state index in [0.29, 0.717) is 11.1 Å². The fraction of sp³-hybridized carbons (Fsp3) is 0.0588. The van der Waals surface area contributed by atoms with Crippen molar-refractivity contribution in [2.24, 2.45) is 0 Å². The predicted molar refractivity (Wildman–Crippen MR) is 226 cm³/mol. The van der Waals surface area contributed by atoms with E-state index >= 15 is 0 Å². The molecule has 0 fully saturated rings. The normalized spacial score (nSPS) is 14.5. The molecule has 0 saturated carbocycles. The molecule has 8 aromatic carbocycles. The second kappa shape index (κ2) is 11.5. The van der Waals surface area contributed by atoms with Crippen molar-refractivity contribution in [3.05, 3.63) is 197 Å². The topological polar surface area (TPSA) is 42.3 Å². The Balaban J connectivity index is 1.10. The number of aromatic nitrogens is 1. The van der Waals surface area contributed by atoms with Gasteiger partial charge in [-0.25, -0.2) is 0 Å². The van der Waals surface area contributed by atoms with E-state index in [-0.39, 0.29) is 22.6 Å². The molecule has 4 nitrogen and oxygen atoms in total. The van der Waals surface area contributed by atoms with Crippen LogP contribution in [0.3, 0.4) is 0 Å². The third-order valence-corrected chi connectivity index (χ3v) is 11.8. The lowest BCUT2D eigenvalue weighted by Gasteiger charge is -2.43. The molecule has 1 aliphatic heterocycles. The van der Waals surface area contributed by atoms with E-state index in [1.807, 2.05) is 42.5 Å². The number of ketones is 2. The van der Waals surface area contributed by atoms with E-state index in [4.69, 9.17) is 0 Å². The molecule has 0 unspecified atom stereocenters. The minimum absolute atomic E-state index is 0.214. The van der Waals surface area contributed by atoms with Crippen LogP contribution in [0.2, 0.25) is 0 Å². The summed E-state index contributed by atoms with van der Waals surface area (Å²) in [6.07, 6.45) is 1.77. The first kappa shape index (κ1) is 31.5. The molecule has 0 saturated heterocycles. The molecule has 1 aromatic heterocycles. The highest BCUT2D eigenvalue weighted by Gasteiger charge is 2.39. The molecule has 0 bridgehead atoms. The minimum Gasteiger partial charge on any atom is -0.310 e. The quantitative estimate of drug-likeness (QED) is 0.136. The largest absolute Gasteiger partial charge is 0.310 e. The van der Waals surface area contributed by atoms with Gasteiger partial charge in [-0.3, -0.25) is 9.59 Å². The Morgan fingerprint density at radius 3 is 1.84 bits per heavy atom. The second-order valence-corrected chi connectivity index (χ2v) is 15.3. The first-order valence-corrected chi connectivity index (χ1v) is 18.8. The van der Waals surface area contributed by atoms with Gasteiger partial charge < -0.3 is 9.47 Å². The summed E-state index contributed by atoms with van der Waals surface area (Å²) in [6, 6.07) is 57.0. The average Bonchev–Trinajstić information content (AvgIpc) is 3.66. The van der Waals surface area contributed by atoms with Crippen molar-refractivity contribution in [1.82, 2.24) is 4.57 Å². The fourth-order valence-corrected chi connectivity index (χ4v) is 9.24. The number of fused-ring (bicyclic) bond motifs is 9. The van der Waals surface area contributed by atoms with Crippen LogP contribution >= 0.6 is 0 Å². The van der Waals surface area contributed by atoms with Gasteiger partial charge in [-0.05, 0) is 111 Å². The maximum absolute atomic E-state index is 13.6.